The number of hydrogen-bond acceptors (Lipinski definition) is 5. The summed E-state index contributed by atoms with van der Waals surface area (Å²) in [5, 5.41) is 11.0. The molecule has 1 aromatic heterocycles. The maximum absolute atomic E-state index is 14.3. The lowest BCUT2D eigenvalue weighted by Gasteiger charge is -2.05. The molecule has 0 spiro atoms. The van der Waals surface area contributed by atoms with E-state index in [0.29, 0.717) is 16.8 Å². The summed E-state index contributed by atoms with van der Waals surface area (Å²) in [6.45, 7) is 0.575. The highest BCUT2D eigenvalue weighted by Gasteiger charge is 2.17. The second-order valence-electron chi connectivity index (χ2n) is 5.45. The van der Waals surface area contributed by atoms with Crippen LogP contribution >= 0.6 is 22.9 Å². The molecule has 140 valence electrons. The number of hydrogen-bond donors (Lipinski definition) is 0. The molecule has 1 amide bonds. The first-order valence-corrected chi connectivity index (χ1v) is 8.91. The van der Waals surface area contributed by atoms with Crippen molar-refractivity contribution in [2.75, 3.05) is 13.7 Å². The summed E-state index contributed by atoms with van der Waals surface area (Å²) in [4.78, 5) is 27.2. The molecular formula is C17H13ClFN3O4S. The third-order valence-electron chi connectivity index (χ3n) is 3.76. The molecule has 0 aliphatic heterocycles. The van der Waals surface area contributed by atoms with Gasteiger partial charge in [-0.1, -0.05) is 29.0 Å². The van der Waals surface area contributed by atoms with Crippen LogP contribution in [0.3, 0.4) is 0 Å². The normalized spacial score (nSPS) is 11.9. The van der Waals surface area contributed by atoms with E-state index < -0.39 is 16.6 Å². The summed E-state index contributed by atoms with van der Waals surface area (Å²) in [5.41, 5.74) is -0.0501. The third kappa shape index (κ3) is 3.90. The van der Waals surface area contributed by atoms with Crippen LogP contribution in [0, 0.1) is 15.9 Å². The van der Waals surface area contributed by atoms with Crippen molar-refractivity contribution in [1.29, 1.82) is 0 Å². The van der Waals surface area contributed by atoms with Gasteiger partial charge in [-0.3, -0.25) is 14.9 Å². The van der Waals surface area contributed by atoms with Gasteiger partial charge in [-0.15, -0.1) is 0 Å². The van der Waals surface area contributed by atoms with Crippen molar-refractivity contribution in [3.63, 3.8) is 0 Å². The second-order valence-corrected chi connectivity index (χ2v) is 6.87. The van der Waals surface area contributed by atoms with Gasteiger partial charge in [-0.05, 0) is 18.2 Å². The van der Waals surface area contributed by atoms with Gasteiger partial charge in [0.05, 0.1) is 32.3 Å². The number of rotatable bonds is 5. The Bertz CT molecular complexity index is 1110. The first-order valence-electron chi connectivity index (χ1n) is 7.72. The molecule has 3 aromatic rings. The lowest BCUT2D eigenvalue weighted by molar-refractivity contribution is -0.384. The number of carbonyl (C=O) groups is 1. The average molecular weight is 410 g/mol. The van der Waals surface area contributed by atoms with E-state index in [1.165, 1.54) is 25.3 Å². The Morgan fingerprint density at radius 1 is 1.41 bits per heavy atom. The van der Waals surface area contributed by atoms with Crippen LogP contribution in [0.1, 0.15) is 10.4 Å². The molecule has 3 rings (SSSR count). The number of fused-ring (bicyclic) bond motifs is 1. The fraction of sp³-hybridized carbons (Fsp3) is 0.176. The molecule has 27 heavy (non-hydrogen) atoms. The van der Waals surface area contributed by atoms with Gasteiger partial charge >= 0.3 is 0 Å². The highest BCUT2D eigenvalue weighted by Crippen LogP contribution is 2.24. The summed E-state index contributed by atoms with van der Waals surface area (Å²) in [6, 6.07) is 8.15. The number of methoxy groups -OCH3 is 1. The van der Waals surface area contributed by atoms with E-state index in [0.717, 1.165) is 17.4 Å². The monoisotopic (exact) mass is 409 g/mol. The number of aromatic nitrogens is 1. The number of ether oxygens (including phenoxy) is 1. The Kier molecular flexibility index (Phi) is 5.64. The minimum Gasteiger partial charge on any atom is -0.383 e. The molecule has 0 aliphatic rings. The Morgan fingerprint density at radius 2 is 2.19 bits per heavy atom. The summed E-state index contributed by atoms with van der Waals surface area (Å²) >= 11 is 7.13. The van der Waals surface area contributed by atoms with Crippen LogP contribution < -0.4 is 4.80 Å². The van der Waals surface area contributed by atoms with Gasteiger partial charge in [0.15, 0.2) is 4.80 Å². The van der Waals surface area contributed by atoms with Gasteiger partial charge in [0.25, 0.3) is 11.6 Å². The van der Waals surface area contributed by atoms with E-state index in [1.807, 2.05) is 0 Å². The SMILES string of the molecule is COCCn1c(=NC(=O)c2cc([N+](=O)[O-])ccc2Cl)sc2cccc(F)c21. The third-order valence-corrected chi connectivity index (χ3v) is 5.13. The van der Waals surface area contributed by atoms with Crippen molar-refractivity contribution in [2.45, 2.75) is 6.54 Å². The molecular weight excluding hydrogens is 397 g/mol. The lowest BCUT2D eigenvalue weighted by atomic mass is 10.2. The molecule has 0 radical (unpaired) electrons. The zero-order valence-electron chi connectivity index (χ0n) is 14.0. The quantitative estimate of drug-likeness (QED) is 0.474. The van der Waals surface area contributed by atoms with Gasteiger partial charge < -0.3 is 9.30 Å². The largest absolute Gasteiger partial charge is 0.383 e. The Labute approximate surface area is 161 Å². The predicted molar refractivity (Wildman–Crippen MR) is 99.6 cm³/mol. The van der Waals surface area contributed by atoms with Gasteiger partial charge in [-0.25, -0.2) is 4.39 Å². The molecule has 1 heterocycles. The van der Waals surface area contributed by atoms with Crippen LogP contribution in [-0.4, -0.2) is 29.1 Å². The summed E-state index contributed by atoms with van der Waals surface area (Å²) in [6.07, 6.45) is 0. The highest BCUT2D eigenvalue weighted by atomic mass is 35.5. The summed E-state index contributed by atoms with van der Waals surface area (Å²) in [5.74, 6) is -1.19. The first kappa shape index (κ1) is 19.2. The Morgan fingerprint density at radius 3 is 2.89 bits per heavy atom. The lowest BCUT2D eigenvalue weighted by Crippen LogP contribution is -2.20. The number of carbonyl (C=O) groups excluding carboxylic acids is 1. The molecule has 0 bridgehead atoms. The molecule has 0 N–H and O–H groups in total. The molecule has 0 fully saturated rings. The van der Waals surface area contributed by atoms with Gasteiger partial charge in [0, 0.05) is 25.8 Å². The van der Waals surface area contributed by atoms with Crippen molar-refractivity contribution < 1.29 is 18.8 Å². The van der Waals surface area contributed by atoms with Crippen molar-refractivity contribution in [3.8, 4) is 0 Å². The highest BCUT2D eigenvalue weighted by molar-refractivity contribution is 7.16. The number of nitro benzene ring substituents is 1. The number of non-ortho nitro benzene ring substituents is 1. The van der Waals surface area contributed by atoms with Crippen LogP contribution in [0.4, 0.5) is 10.1 Å². The van der Waals surface area contributed by atoms with Crippen molar-refractivity contribution in [3.05, 3.63) is 67.7 Å². The summed E-state index contributed by atoms with van der Waals surface area (Å²) < 4.78 is 21.5. The van der Waals surface area contributed by atoms with Crippen LogP contribution in [-0.2, 0) is 11.3 Å². The van der Waals surface area contributed by atoms with E-state index in [-0.39, 0.29) is 27.6 Å². The standard InChI is InChI=1S/C17H13ClFN3O4S/c1-26-8-7-21-15-13(19)3-2-4-14(15)27-17(21)20-16(23)11-9-10(22(24)25)5-6-12(11)18/h2-6,9H,7-8H2,1H3. The second kappa shape index (κ2) is 7.95. The number of halogens is 2. The fourth-order valence-electron chi connectivity index (χ4n) is 2.50. The van der Waals surface area contributed by atoms with E-state index in [9.17, 15) is 19.3 Å². The molecule has 0 unspecified atom stereocenters. The Balaban J connectivity index is 2.15. The first-order chi connectivity index (χ1) is 12.9. The zero-order chi connectivity index (χ0) is 19.6. The molecule has 2 aromatic carbocycles. The van der Waals surface area contributed by atoms with Crippen LogP contribution in [0.2, 0.25) is 5.02 Å². The van der Waals surface area contributed by atoms with Gasteiger partial charge in [0.1, 0.15) is 5.82 Å². The number of benzene rings is 2. The Hall–Kier alpha value is -2.62. The van der Waals surface area contributed by atoms with E-state index in [1.54, 1.807) is 16.7 Å². The van der Waals surface area contributed by atoms with Crippen molar-refractivity contribution in [1.82, 2.24) is 4.57 Å². The molecule has 0 aliphatic carbocycles. The number of thiazole rings is 1. The van der Waals surface area contributed by atoms with Crippen molar-refractivity contribution >= 4 is 44.7 Å². The van der Waals surface area contributed by atoms with E-state index >= 15 is 0 Å². The summed E-state index contributed by atoms with van der Waals surface area (Å²) in [7, 11) is 1.51. The molecule has 0 atom stereocenters. The number of para-hydroxylation sites is 1. The topological polar surface area (TPSA) is 86.7 Å². The fourth-order valence-corrected chi connectivity index (χ4v) is 3.77. The van der Waals surface area contributed by atoms with Crippen molar-refractivity contribution in [2.24, 2.45) is 4.99 Å². The number of nitro groups is 1. The number of nitrogens with zero attached hydrogens (tertiary/aromatic N) is 3. The molecule has 10 heteroatoms. The maximum atomic E-state index is 14.3. The average Bonchev–Trinajstić information content (AvgIpc) is 2.98. The number of amides is 1. The van der Waals surface area contributed by atoms with Gasteiger partial charge in [0.2, 0.25) is 0 Å². The smallest absolute Gasteiger partial charge is 0.281 e. The van der Waals surface area contributed by atoms with E-state index in [4.69, 9.17) is 16.3 Å². The van der Waals surface area contributed by atoms with Gasteiger partial charge in [-0.2, -0.15) is 4.99 Å². The van der Waals surface area contributed by atoms with Crippen LogP contribution in [0.25, 0.3) is 10.2 Å². The predicted octanol–water partition coefficient (Wildman–Crippen LogP) is 3.79. The molecule has 7 nitrogen and oxygen atoms in total. The minimum absolute atomic E-state index is 0.0464. The molecule has 0 saturated carbocycles. The van der Waals surface area contributed by atoms with E-state index in [2.05, 4.69) is 4.99 Å². The minimum atomic E-state index is -0.748. The maximum Gasteiger partial charge on any atom is 0.281 e. The van der Waals surface area contributed by atoms with Crippen LogP contribution in [0.5, 0.6) is 0 Å². The molecule has 0 saturated heterocycles. The zero-order valence-corrected chi connectivity index (χ0v) is 15.6. The van der Waals surface area contributed by atoms with Crippen LogP contribution in [0.15, 0.2) is 41.4 Å².